The fraction of sp³-hybridized carbons (Fsp3) is 0.488. The smallest absolute Gasteiger partial charge is 0.267 e. The van der Waals surface area contributed by atoms with E-state index < -0.39 is 35.5 Å². The number of amides is 5. The molecule has 2 saturated carbocycles. The van der Waals surface area contributed by atoms with Crippen LogP contribution in [0, 0.1) is 34.9 Å². The fourth-order valence-electron chi connectivity index (χ4n) is 10.4. The van der Waals surface area contributed by atoms with Gasteiger partial charge in [-0.25, -0.2) is 4.39 Å². The van der Waals surface area contributed by atoms with Crippen molar-refractivity contribution in [1.29, 1.82) is 5.26 Å². The molecule has 0 spiro atoms. The van der Waals surface area contributed by atoms with Gasteiger partial charge in [0.15, 0.2) is 0 Å². The van der Waals surface area contributed by atoms with Gasteiger partial charge in [0.2, 0.25) is 11.8 Å². The summed E-state index contributed by atoms with van der Waals surface area (Å²) >= 11 is 6.16. The third-order valence-electron chi connectivity index (χ3n) is 13.7. The molecule has 2 aromatic rings. The van der Waals surface area contributed by atoms with Gasteiger partial charge in [0.1, 0.15) is 23.7 Å². The van der Waals surface area contributed by atoms with Crippen molar-refractivity contribution >= 4 is 46.8 Å². The molecule has 3 unspecified atom stereocenters. The van der Waals surface area contributed by atoms with E-state index in [-0.39, 0.29) is 53.8 Å². The van der Waals surface area contributed by atoms with Gasteiger partial charge in [0.25, 0.3) is 17.7 Å². The molecule has 60 heavy (non-hydrogen) atoms. The molecule has 6 atom stereocenters. The number of benzene rings is 2. The Hall–Kier alpha value is -5.66. The van der Waals surface area contributed by atoms with Gasteiger partial charge in [-0.2, -0.15) is 5.26 Å². The lowest BCUT2D eigenvalue weighted by molar-refractivity contribution is -0.136. The van der Waals surface area contributed by atoms with Gasteiger partial charge < -0.3 is 30.9 Å². The van der Waals surface area contributed by atoms with Crippen LogP contribution in [0.5, 0.6) is 5.75 Å². The van der Waals surface area contributed by atoms with Crippen LogP contribution in [0.1, 0.15) is 71.2 Å². The van der Waals surface area contributed by atoms with Gasteiger partial charge in [0, 0.05) is 70.4 Å². The molecular formula is C43H47ClFN9O6. The fourth-order valence-corrected chi connectivity index (χ4v) is 10.6. The molecule has 0 aromatic heterocycles. The highest BCUT2D eigenvalue weighted by atomic mass is 35.5. The van der Waals surface area contributed by atoms with Crippen LogP contribution in [0.2, 0.25) is 5.02 Å². The quantitative estimate of drug-likeness (QED) is 0.147. The Bertz CT molecular complexity index is 2260. The molecule has 9 rings (SSSR count). The van der Waals surface area contributed by atoms with Gasteiger partial charge in [-0.05, 0) is 92.7 Å². The normalized spacial score (nSPS) is 30.0. The topological polar surface area (TPSA) is 193 Å². The standard InChI is InChI=1S/C43H47ClFN9O6/c1-48-35(40(56)49-23-3-6-26(7-4-23)60-27-5-2-22(16-46)33(44)13-27)8-10-38(47)53-18-24-12-25(53)17-51(24)19-30-31-20-52(21-32(30)31)37-15-29-28(14-34(37)45)42(58)54(43(29)59)36-9-11-39(55)50-41(36)57/h2,5,8,10,13-15,23-26,30-32,36,48H,3-4,6-7,9,11-12,17-21,47H2,1H3,(H,49,56)(H,50,55,57)/b35-8-,38-10+/t23-,24?,25?,26-,30-,31-,32+,36?. The molecule has 6 fully saturated rings. The second kappa shape index (κ2) is 15.7. The first-order chi connectivity index (χ1) is 28.9. The maximum absolute atomic E-state index is 15.5. The summed E-state index contributed by atoms with van der Waals surface area (Å²) in [6, 6.07) is 9.24. The molecule has 5 aliphatic heterocycles. The van der Waals surface area contributed by atoms with Crippen LogP contribution in [0.3, 0.4) is 0 Å². The lowest BCUT2D eigenvalue weighted by Gasteiger charge is -2.36. The van der Waals surface area contributed by atoms with E-state index in [0.29, 0.717) is 64.7 Å². The van der Waals surface area contributed by atoms with Crippen molar-refractivity contribution in [2.24, 2.45) is 23.5 Å². The average Bonchev–Trinajstić information content (AvgIpc) is 3.70. The van der Waals surface area contributed by atoms with E-state index in [1.807, 2.05) is 11.0 Å². The number of nitriles is 1. The molecule has 15 nitrogen and oxygen atoms in total. The predicted molar refractivity (Wildman–Crippen MR) is 217 cm³/mol. The first-order valence-electron chi connectivity index (χ1n) is 20.7. The van der Waals surface area contributed by atoms with E-state index >= 15 is 4.39 Å². The molecule has 5 amide bonds. The number of ether oxygens (including phenoxy) is 1. The number of likely N-dealkylation sites (N-methyl/N-ethyl adjacent to an activating group) is 1. The van der Waals surface area contributed by atoms with Gasteiger partial charge in [0.05, 0.1) is 45.0 Å². The van der Waals surface area contributed by atoms with E-state index in [1.54, 1.807) is 37.4 Å². The van der Waals surface area contributed by atoms with Gasteiger partial charge in [-0.3, -0.25) is 39.1 Å². The third-order valence-corrected chi connectivity index (χ3v) is 14.0. The van der Waals surface area contributed by atoms with Crippen LogP contribution in [-0.2, 0) is 14.4 Å². The zero-order valence-corrected chi connectivity index (χ0v) is 33.9. The summed E-state index contributed by atoms with van der Waals surface area (Å²) in [4.78, 5) is 71.4. The predicted octanol–water partition coefficient (Wildman–Crippen LogP) is 2.60. The third kappa shape index (κ3) is 7.31. The van der Waals surface area contributed by atoms with Gasteiger partial charge in [-0.1, -0.05) is 11.6 Å². The second-order valence-electron chi connectivity index (χ2n) is 17.1. The Morgan fingerprint density at radius 1 is 1.00 bits per heavy atom. The lowest BCUT2D eigenvalue weighted by Crippen LogP contribution is -2.54. The number of allylic oxidation sites excluding steroid dienone is 2. The first kappa shape index (κ1) is 39.8. The number of carbonyl (C=O) groups is 5. The van der Waals surface area contributed by atoms with Crippen molar-refractivity contribution in [2.45, 2.75) is 75.2 Å². The molecule has 314 valence electrons. The molecule has 2 aromatic carbocycles. The Balaban J connectivity index is 0.733. The molecule has 4 saturated heterocycles. The Kier molecular flexibility index (Phi) is 10.4. The van der Waals surface area contributed by atoms with Gasteiger partial charge in [-0.15, -0.1) is 0 Å². The van der Waals surface area contributed by atoms with Crippen LogP contribution >= 0.6 is 11.6 Å². The van der Waals surface area contributed by atoms with E-state index in [2.05, 4.69) is 25.8 Å². The number of imide groups is 2. The summed E-state index contributed by atoms with van der Waals surface area (Å²) in [5, 5.41) is 17.8. The van der Waals surface area contributed by atoms with Crippen molar-refractivity contribution in [1.82, 2.24) is 30.7 Å². The number of hydrogen-bond acceptors (Lipinski definition) is 12. The minimum absolute atomic E-state index is 0.00492. The van der Waals surface area contributed by atoms with Crippen LogP contribution in [0.4, 0.5) is 10.1 Å². The summed E-state index contributed by atoms with van der Waals surface area (Å²) in [6.07, 6.45) is 7.72. The maximum atomic E-state index is 15.5. The number of hydrogen-bond donors (Lipinski definition) is 4. The Morgan fingerprint density at radius 3 is 2.38 bits per heavy atom. The van der Waals surface area contributed by atoms with Crippen molar-refractivity contribution in [3.8, 4) is 11.8 Å². The number of fused-ring (bicyclic) bond motifs is 4. The summed E-state index contributed by atoms with van der Waals surface area (Å²) < 4.78 is 21.6. The SMILES string of the molecule is CN/C(=C\C=C(/N)N1CC2CC1CN2C[C@H]1[C@@H]2CN(c3cc4c(cc3F)C(=O)N(C3CCC(=O)NC3=O)C4=O)C[C@@H]21)C(=O)N[C@H]1CC[C@H](Oc2ccc(C#N)c(Cl)c2)CC1. The number of carbonyl (C=O) groups excluding carboxylic acids is 5. The van der Waals surface area contributed by atoms with Crippen LogP contribution < -0.4 is 31.3 Å². The molecule has 17 heteroatoms. The number of halogens is 2. The Morgan fingerprint density at radius 2 is 1.73 bits per heavy atom. The van der Waals surface area contributed by atoms with Crippen molar-refractivity contribution in [2.75, 3.05) is 44.7 Å². The lowest BCUT2D eigenvalue weighted by atomic mass is 9.92. The van der Waals surface area contributed by atoms with Crippen LogP contribution in [-0.4, -0.2) is 114 Å². The summed E-state index contributed by atoms with van der Waals surface area (Å²) in [6.45, 7) is 3.98. The number of rotatable bonds is 11. The highest BCUT2D eigenvalue weighted by Crippen LogP contribution is 2.54. The number of likely N-dealkylation sites (tertiary alicyclic amines) is 2. The zero-order chi connectivity index (χ0) is 42.0. The van der Waals surface area contributed by atoms with Gasteiger partial charge >= 0.3 is 0 Å². The monoisotopic (exact) mass is 839 g/mol. The number of nitrogens with two attached hydrogens (primary N) is 1. The largest absolute Gasteiger partial charge is 0.490 e. The van der Waals surface area contributed by atoms with E-state index in [9.17, 15) is 24.0 Å². The molecule has 5 heterocycles. The first-order valence-corrected chi connectivity index (χ1v) is 21.1. The van der Waals surface area contributed by atoms with Crippen molar-refractivity contribution < 1.29 is 33.1 Å². The second-order valence-corrected chi connectivity index (χ2v) is 17.5. The Labute approximate surface area is 351 Å². The number of nitrogens with one attached hydrogen (secondary N) is 3. The summed E-state index contributed by atoms with van der Waals surface area (Å²) in [5.41, 5.74) is 7.75. The highest BCUT2D eigenvalue weighted by Gasteiger charge is 2.58. The number of anilines is 1. The number of piperazine rings is 1. The molecule has 5 N–H and O–H groups in total. The molecule has 0 radical (unpaired) electrons. The van der Waals surface area contributed by atoms with E-state index in [1.165, 1.54) is 6.07 Å². The summed E-state index contributed by atoms with van der Waals surface area (Å²) in [7, 11) is 1.72. The number of nitrogens with zero attached hydrogens (tertiary/aromatic N) is 5. The molecule has 2 aliphatic carbocycles. The maximum Gasteiger partial charge on any atom is 0.267 e. The highest BCUT2D eigenvalue weighted by molar-refractivity contribution is 6.31. The number of piperidine rings is 2. The minimum atomic E-state index is -1.10. The zero-order valence-electron chi connectivity index (χ0n) is 33.2. The van der Waals surface area contributed by atoms with Crippen molar-refractivity contribution in [3.05, 3.63) is 81.5 Å². The molecule has 7 aliphatic rings. The average molecular weight is 840 g/mol. The van der Waals surface area contributed by atoms with E-state index in [4.69, 9.17) is 27.3 Å². The minimum Gasteiger partial charge on any atom is -0.490 e. The summed E-state index contributed by atoms with van der Waals surface area (Å²) in [5.74, 6) is -0.713. The van der Waals surface area contributed by atoms with Crippen molar-refractivity contribution in [3.63, 3.8) is 0 Å². The van der Waals surface area contributed by atoms with Crippen LogP contribution in [0.25, 0.3) is 0 Å². The molecule has 2 bridgehead atoms. The van der Waals surface area contributed by atoms with Crippen LogP contribution in [0.15, 0.2) is 54.0 Å². The molecular weight excluding hydrogens is 793 g/mol. The van der Waals surface area contributed by atoms with E-state index in [0.717, 1.165) is 62.7 Å².